The molecule has 2 N–H and O–H groups in total. The van der Waals surface area contributed by atoms with Crippen LogP contribution in [0.15, 0.2) is 47.1 Å². The van der Waals surface area contributed by atoms with Gasteiger partial charge in [-0.1, -0.05) is 17.7 Å². The summed E-state index contributed by atoms with van der Waals surface area (Å²) in [6, 6.07) is 9.88. The third-order valence-electron chi connectivity index (χ3n) is 5.48. The van der Waals surface area contributed by atoms with Gasteiger partial charge in [0, 0.05) is 32.3 Å². The molecule has 0 aliphatic carbocycles. The molecule has 1 atom stereocenters. The zero-order chi connectivity index (χ0) is 22.2. The standard InChI is InChI=1S/C23H29N3O5/c1-16-5-3-6-18(15-16)21(27)25-20(22(28)24-10-14-30-2)17-8-11-26(12-9-17)23(29)19-7-4-13-31-19/h3-7,13,15,17,20H,8-12,14H2,1-2H3,(H,24,28)(H,25,27). The highest BCUT2D eigenvalue weighted by molar-refractivity contribution is 5.97. The highest BCUT2D eigenvalue weighted by atomic mass is 16.5. The summed E-state index contributed by atoms with van der Waals surface area (Å²) in [6.45, 7) is 3.65. The van der Waals surface area contributed by atoms with E-state index in [1.807, 2.05) is 19.1 Å². The number of piperidine rings is 1. The minimum Gasteiger partial charge on any atom is -0.459 e. The van der Waals surface area contributed by atoms with Gasteiger partial charge >= 0.3 is 0 Å². The molecule has 0 saturated carbocycles. The summed E-state index contributed by atoms with van der Waals surface area (Å²) < 4.78 is 10.2. The molecule has 1 unspecified atom stereocenters. The summed E-state index contributed by atoms with van der Waals surface area (Å²) in [6.07, 6.45) is 2.67. The number of ether oxygens (including phenoxy) is 1. The Morgan fingerprint density at radius 1 is 1.19 bits per heavy atom. The largest absolute Gasteiger partial charge is 0.459 e. The van der Waals surface area contributed by atoms with E-state index in [0.717, 1.165) is 5.56 Å². The van der Waals surface area contributed by atoms with E-state index in [4.69, 9.17) is 9.15 Å². The maximum atomic E-state index is 12.9. The fourth-order valence-corrected chi connectivity index (χ4v) is 3.79. The van der Waals surface area contributed by atoms with Crippen LogP contribution < -0.4 is 10.6 Å². The van der Waals surface area contributed by atoms with E-state index in [1.165, 1.54) is 6.26 Å². The third kappa shape index (κ3) is 5.95. The predicted molar refractivity (Wildman–Crippen MR) is 115 cm³/mol. The van der Waals surface area contributed by atoms with Crippen LogP contribution >= 0.6 is 0 Å². The highest BCUT2D eigenvalue weighted by Crippen LogP contribution is 2.23. The number of aryl methyl sites for hydroxylation is 1. The van der Waals surface area contributed by atoms with Crippen LogP contribution in [0, 0.1) is 12.8 Å². The first kappa shape index (κ1) is 22.6. The Morgan fingerprint density at radius 2 is 1.97 bits per heavy atom. The van der Waals surface area contributed by atoms with E-state index in [1.54, 1.807) is 36.3 Å². The molecule has 1 fully saturated rings. The van der Waals surface area contributed by atoms with Gasteiger partial charge in [0.15, 0.2) is 5.76 Å². The van der Waals surface area contributed by atoms with Gasteiger partial charge in [-0.2, -0.15) is 0 Å². The number of hydrogen-bond donors (Lipinski definition) is 2. The number of amides is 3. The van der Waals surface area contributed by atoms with Gasteiger partial charge in [0.2, 0.25) is 5.91 Å². The number of hydrogen-bond acceptors (Lipinski definition) is 5. The molecule has 1 aliphatic heterocycles. The average molecular weight is 428 g/mol. The Morgan fingerprint density at radius 3 is 2.61 bits per heavy atom. The molecule has 31 heavy (non-hydrogen) atoms. The van der Waals surface area contributed by atoms with Crippen molar-refractivity contribution in [2.75, 3.05) is 33.4 Å². The zero-order valence-corrected chi connectivity index (χ0v) is 17.9. The van der Waals surface area contributed by atoms with Gasteiger partial charge in [0.1, 0.15) is 6.04 Å². The maximum Gasteiger partial charge on any atom is 0.289 e. The van der Waals surface area contributed by atoms with Crippen LogP contribution in [0.2, 0.25) is 0 Å². The highest BCUT2D eigenvalue weighted by Gasteiger charge is 2.34. The summed E-state index contributed by atoms with van der Waals surface area (Å²) in [5.74, 6) is -0.469. The summed E-state index contributed by atoms with van der Waals surface area (Å²) in [5.41, 5.74) is 1.48. The van der Waals surface area contributed by atoms with Gasteiger partial charge in [0.05, 0.1) is 12.9 Å². The van der Waals surface area contributed by atoms with Crippen molar-refractivity contribution in [1.29, 1.82) is 0 Å². The average Bonchev–Trinajstić information content (AvgIpc) is 3.32. The van der Waals surface area contributed by atoms with Crippen LogP contribution in [0.4, 0.5) is 0 Å². The van der Waals surface area contributed by atoms with Crippen LogP contribution in [0.3, 0.4) is 0 Å². The molecule has 1 aromatic carbocycles. The first-order chi connectivity index (χ1) is 15.0. The van der Waals surface area contributed by atoms with Crippen molar-refractivity contribution in [3.05, 3.63) is 59.5 Å². The number of methoxy groups -OCH3 is 1. The molecule has 0 radical (unpaired) electrons. The van der Waals surface area contributed by atoms with E-state index < -0.39 is 6.04 Å². The van der Waals surface area contributed by atoms with Gasteiger partial charge in [-0.25, -0.2) is 0 Å². The van der Waals surface area contributed by atoms with E-state index in [9.17, 15) is 14.4 Å². The van der Waals surface area contributed by atoms with Crippen LogP contribution in [0.1, 0.15) is 39.3 Å². The van der Waals surface area contributed by atoms with Gasteiger partial charge < -0.3 is 24.7 Å². The number of nitrogens with zero attached hydrogens (tertiary/aromatic N) is 1. The van der Waals surface area contributed by atoms with Crippen LogP contribution in [-0.2, 0) is 9.53 Å². The van der Waals surface area contributed by atoms with Crippen molar-refractivity contribution in [3.8, 4) is 0 Å². The van der Waals surface area contributed by atoms with Crippen LogP contribution in [0.5, 0.6) is 0 Å². The molecule has 3 rings (SSSR count). The number of benzene rings is 1. The number of nitrogens with one attached hydrogen (secondary N) is 2. The van der Waals surface area contributed by atoms with Gasteiger partial charge in [-0.15, -0.1) is 0 Å². The molecule has 2 heterocycles. The van der Waals surface area contributed by atoms with Crippen molar-refractivity contribution in [3.63, 3.8) is 0 Å². The summed E-state index contributed by atoms with van der Waals surface area (Å²) in [4.78, 5) is 39.9. The molecule has 3 amide bonds. The smallest absolute Gasteiger partial charge is 0.289 e. The Kier molecular flexibility index (Phi) is 7.83. The topological polar surface area (TPSA) is 101 Å². The molecule has 2 aromatic rings. The molecule has 166 valence electrons. The second kappa shape index (κ2) is 10.8. The number of carbonyl (C=O) groups is 3. The number of carbonyl (C=O) groups excluding carboxylic acids is 3. The van der Waals surface area contributed by atoms with Gasteiger partial charge in [-0.05, 0) is 49.9 Å². The van der Waals surface area contributed by atoms with Gasteiger partial charge in [0.25, 0.3) is 11.8 Å². The lowest BCUT2D eigenvalue weighted by Gasteiger charge is -2.35. The van der Waals surface area contributed by atoms with Crippen LogP contribution in [0.25, 0.3) is 0 Å². The number of furan rings is 1. The van der Waals surface area contributed by atoms with E-state index >= 15 is 0 Å². The molecule has 8 heteroatoms. The van der Waals surface area contributed by atoms with Crippen molar-refractivity contribution >= 4 is 17.7 Å². The Hall–Kier alpha value is -3.13. The Labute approximate surface area is 181 Å². The molecular weight excluding hydrogens is 398 g/mol. The fourth-order valence-electron chi connectivity index (χ4n) is 3.79. The second-order valence-electron chi connectivity index (χ2n) is 7.71. The van der Waals surface area contributed by atoms with Gasteiger partial charge in [-0.3, -0.25) is 14.4 Å². The quantitative estimate of drug-likeness (QED) is 0.628. The van der Waals surface area contributed by atoms with E-state index in [2.05, 4.69) is 10.6 Å². The molecule has 1 saturated heterocycles. The normalized spacial score (nSPS) is 15.4. The minimum atomic E-state index is -0.689. The Balaban J connectivity index is 1.67. The third-order valence-corrected chi connectivity index (χ3v) is 5.48. The molecule has 8 nitrogen and oxygen atoms in total. The summed E-state index contributed by atoms with van der Waals surface area (Å²) >= 11 is 0. The minimum absolute atomic E-state index is 0.0862. The molecule has 0 bridgehead atoms. The first-order valence-corrected chi connectivity index (χ1v) is 10.5. The Bertz CT molecular complexity index is 888. The van der Waals surface area contributed by atoms with Crippen molar-refractivity contribution in [1.82, 2.24) is 15.5 Å². The summed E-state index contributed by atoms with van der Waals surface area (Å²) in [7, 11) is 1.56. The monoisotopic (exact) mass is 427 g/mol. The molecule has 0 spiro atoms. The fraction of sp³-hybridized carbons (Fsp3) is 0.435. The number of rotatable bonds is 8. The van der Waals surface area contributed by atoms with Crippen molar-refractivity contribution in [2.45, 2.75) is 25.8 Å². The second-order valence-corrected chi connectivity index (χ2v) is 7.71. The van der Waals surface area contributed by atoms with Crippen molar-refractivity contribution < 1.29 is 23.5 Å². The SMILES string of the molecule is COCCNC(=O)C(NC(=O)c1cccc(C)c1)C1CCN(C(=O)c2ccco2)CC1. The lowest BCUT2D eigenvalue weighted by Crippen LogP contribution is -2.54. The zero-order valence-electron chi connectivity index (χ0n) is 17.9. The summed E-state index contributed by atoms with van der Waals surface area (Å²) in [5, 5.41) is 5.75. The van der Waals surface area contributed by atoms with E-state index in [0.29, 0.717) is 50.4 Å². The van der Waals surface area contributed by atoms with Crippen molar-refractivity contribution in [2.24, 2.45) is 5.92 Å². The maximum absolute atomic E-state index is 12.9. The lowest BCUT2D eigenvalue weighted by molar-refractivity contribution is -0.124. The first-order valence-electron chi connectivity index (χ1n) is 10.5. The molecule has 1 aromatic heterocycles. The van der Waals surface area contributed by atoms with Crippen LogP contribution in [-0.4, -0.2) is 62.0 Å². The number of likely N-dealkylation sites (tertiary alicyclic amines) is 1. The lowest BCUT2D eigenvalue weighted by atomic mass is 9.88. The predicted octanol–water partition coefficient (Wildman–Crippen LogP) is 2.00. The molecular formula is C23H29N3O5. The molecule has 1 aliphatic rings. The van der Waals surface area contributed by atoms with E-state index in [-0.39, 0.29) is 23.6 Å².